The van der Waals surface area contributed by atoms with Gasteiger partial charge in [-0.1, -0.05) is 18.2 Å². The van der Waals surface area contributed by atoms with Crippen molar-refractivity contribution in [3.05, 3.63) is 60.2 Å². The van der Waals surface area contributed by atoms with Crippen molar-refractivity contribution >= 4 is 40.1 Å². The predicted molar refractivity (Wildman–Crippen MR) is 118 cm³/mol. The molecule has 5 heteroatoms. The summed E-state index contributed by atoms with van der Waals surface area (Å²) >= 11 is 1.54. The van der Waals surface area contributed by atoms with Gasteiger partial charge in [0.05, 0.1) is 11.3 Å². The number of anilines is 2. The third kappa shape index (κ3) is 4.47. The van der Waals surface area contributed by atoms with Crippen LogP contribution in [-0.4, -0.2) is 29.7 Å². The summed E-state index contributed by atoms with van der Waals surface area (Å²) in [6.45, 7) is 4.30. The molecule has 1 aromatic heterocycles. The van der Waals surface area contributed by atoms with E-state index < -0.39 is 0 Å². The van der Waals surface area contributed by atoms with Gasteiger partial charge in [0, 0.05) is 29.1 Å². The fourth-order valence-corrected chi connectivity index (χ4v) is 4.32. The number of hydrogen-bond acceptors (Lipinski definition) is 4. The highest BCUT2D eigenvalue weighted by molar-refractivity contribution is 8.00. The van der Waals surface area contributed by atoms with E-state index in [0.717, 1.165) is 40.4 Å². The molecular formula is C23H25N3OS. The van der Waals surface area contributed by atoms with E-state index in [4.69, 9.17) is 4.98 Å². The van der Waals surface area contributed by atoms with E-state index in [1.54, 1.807) is 11.8 Å². The van der Waals surface area contributed by atoms with Crippen molar-refractivity contribution in [3.63, 3.8) is 0 Å². The lowest BCUT2D eigenvalue weighted by molar-refractivity contribution is -0.113. The van der Waals surface area contributed by atoms with Crippen LogP contribution < -0.4 is 10.2 Å². The standard InChI is InChI=1S/C23H25N3OS/c1-17-14-22(26-12-6-3-7-13-26)25-21-11-10-18(15-20(17)21)24-23(27)16-28-19-8-4-2-5-9-19/h2,4-5,8-11,14-15H,3,6-7,12-13,16H2,1H3,(H,24,27). The topological polar surface area (TPSA) is 45.2 Å². The second-order valence-corrected chi connectivity index (χ2v) is 8.28. The molecule has 1 aliphatic heterocycles. The van der Waals surface area contributed by atoms with Crippen molar-refractivity contribution in [2.45, 2.75) is 31.1 Å². The molecule has 0 aliphatic carbocycles. The Morgan fingerprint density at radius 2 is 1.86 bits per heavy atom. The Kier molecular flexibility index (Phi) is 5.81. The van der Waals surface area contributed by atoms with Gasteiger partial charge in [-0.25, -0.2) is 4.98 Å². The van der Waals surface area contributed by atoms with Gasteiger partial charge in [-0.2, -0.15) is 0 Å². The second kappa shape index (κ2) is 8.65. The smallest absolute Gasteiger partial charge is 0.234 e. The van der Waals surface area contributed by atoms with E-state index in [-0.39, 0.29) is 5.91 Å². The van der Waals surface area contributed by atoms with Crippen LogP contribution in [0.4, 0.5) is 11.5 Å². The summed E-state index contributed by atoms with van der Waals surface area (Å²) in [4.78, 5) is 20.7. The van der Waals surface area contributed by atoms with Crippen LogP contribution in [0.1, 0.15) is 24.8 Å². The summed E-state index contributed by atoms with van der Waals surface area (Å²) in [7, 11) is 0. The second-order valence-electron chi connectivity index (χ2n) is 7.23. The Morgan fingerprint density at radius 3 is 2.64 bits per heavy atom. The van der Waals surface area contributed by atoms with Crippen LogP contribution in [0.5, 0.6) is 0 Å². The third-order valence-corrected chi connectivity index (χ3v) is 6.09. The van der Waals surface area contributed by atoms with Crippen LogP contribution in [0.2, 0.25) is 0 Å². The number of fused-ring (bicyclic) bond motifs is 1. The van der Waals surface area contributed by atoms with Gasteiger partial charge in [-0.15, -0.1) is 11.8 Å². The number of pyridine rings is 1. The van der Waals surface area contributed by atoms with Crippen LogP contribution in [0, 0.1) is 6.92 Å². The summed E-state index contributed by atoms with van der Waals surface area (Å²) in [5.41, 5.74) is 3.00. The van der Waals surface area contributed by atoms with E-state index in [9.17, 15) is 4.79 Å². The minimum Gasteiger partial charge on any atom is -0.357 e. The zero-order valence-corrected chi connectivity index (χ0v) is 17.0. The minimum absolute atomic E-state index is 0.00347. The highest BCUT2D eigenvalue weighted by Crippen LogP contribution is 2.27. The van der Waals surface area contributed by atoms with Crippen molar-refractivity contribution in [2.24, 2.45) is 0 Å². The average molecular weight is 392 g/mol. The van der Waals surface area contributed by atoms with Crippen LogP contribution >= 0.6 is 11.8 Å². The molecule has 1 amide bonds. The molecule has 0 spiro atoms. The summed E-state index contributed by atoms with van der Waals surface area (Å²) in [6.07, 6.45) is 3.80. The maximum Gasteiger partial charge on any atom is 0.234 e. The quantitative estimate of drug-likeness (QED) is 0.602. The molecular weight excluding hydrogens is 366 g/mol. The maximum absolute atomic E-state index is 12.3. The molecule has 0 atom stereocenters. The van der Waals surface area contributed by atoms with Crippen molar-refractivity contribution in [1.82, 2.24) is 4.98 Å². The summed E-state index contributed by atoms with van der Waals surface area (Å²) < 4.78 is 0. The Hall–Kier alpha value is -2.53. The maximum atomic E-state index is 12.3. The first-order valence-electron chi connectivity index (χ1n) is 9.83. The molecule has 0 bridgehead atoms. The lowest BCUT2D eigenvalue weighted by atomic mass is 10.1. The van der Waals surface area contributed by atoms with Gasteiger partial charge in [0.15, 0.2) is 0 Å². The number of hydrogen-bond donors (Lipinski definition) is 1. The van der Waals surface area contributed by atoms with Gasteiger partial charge in [0.25, 0.3) is 0 Å². The van der Waals surface area contributed by atoms with Crippen molar-refractivity contribution < 1.29 is 4.79 Å². The summed E-state index contributed by atoms with van der Waals surface area (Å²) in [6, 6.07) is 18.1. The van der Waals surface area contributed by atoms with E-state index in [2.05, 4.69) is 23.2 Å². The zero-order chi connectivity index (χ0) is 19.3. The number of nitrogens with zero attached hydrogens (tertiary/aromatic N) is 2. The molecule has 144 valence electrons. The molecule has 1 N–H and O–H groups in total. The number of aryl methyl sites for hydroxylation is 1. The number of nitrogens with one attached hydrogen (secondary N) is 1. The number of rotatable bonds is 5. The summed E-state index contributed by atoms with van der Waals surface area (Å²) in [5, 5.41) is 4.10. The number of carbonyl (C=O) groups is 1. The molecule has 0 radical (unpaired) electrons. The van der Waals surface area contributed by atoms with Crippen molar-refractivity contribution in [1.29, 1.82) is 0 Å². The van der Waals surface area contributed by atoms with E-state index in [1.807, 2.05) is 48.5 Å². The van der Waals surface area contributed by atoms with E-state index >= 15 is 0 Å². The first-order valence-corrected chi connectivity index (χ1v) is 10.8. The molecule has 1 fully saturated rings. The monoisotopic (exact) mass is 391 g/mol. The lowest BCUT2D eigenvalue weighted by Gasteiger charge is -2.28. The van der Waals surface area contributed by atoms with Crippen molar-refractivity contribution in [3.8, 4) is 0 Å². The summed E-state index contributed by atoms with van der Waals surface area (Å²) in [5.74, 6) is 1.47. The SMILES string of the molecule is Cc1cc(N2CCCCC2)nc2ccc(NC(=O)CSc3ccccc3)cc12. The van der Waals surface area contributed by atoms with Crippen LogP contribution in [-0.2, 0) is 4.79 Å². The molecule has 2 heterocycles. The van der Waals surface area contributed by atoms with E-state index in [0.29, 0.717) is 5.75 Å². The molecule has 28 heavy (non-hydrogen) atoms. The van der Waals surface area contributed by atoms with E-state index in [1.165, 1.54) is 24.8 Å². The largest absolute Gasteiger partial charge is 0.357 e. The number of carbonyl (C=O) groups excluding carboxylic acids is 1. The molecule has 4 nitrogen and oxygen atoms in total. The normalized spacial score (nSPS) is 14.2. The highest BCUT2D eigenvalue weighted by Gasteiger charge is 2.14. The Balaban J connectivity index is 1.46. The van der Waals surface area contributed by atoms with Gasteiger partial charge in [-0.3, -0.25) is 4.79 Å². The van der Waals surface area contributed by atoms with Gasteiger partial charge in [0.1, 0.15) is 5.82 Å². The lowest BCUT2D eigenvalue weighted by Crippen LogP contribution is -2.30. The molecule has 2 aromatic carbocycles. The van der Waals surface area contributed by atoms with Crippen LogP contribution in [0.3, 0.4) is 0 Å². The fourth-order valence-electron chi connectivity index (χ4n) is 3.60. The first kappa shape index (κ1) is 18.8. The minimum atomic E-state index is 0.00347. The Labute approximate surface area is 170 Å². The zero-order valence-electron chi connectivity index (χ0n) is 16.1. The molecule has 0 unspecified atom stereocenters. The molecule has 1 saturated heterocycles. The molecule has 1 aliphatic rings. The fraction of sp³-hybridized carbons (Fsp3) is 0.304. The third-order valence-electron chi connectivity index (χ3n) is 5.08. The first-order chi connectivity index (χ1) is 13.7. The van der Waals surface area contributed by atoms with Crippen LogP contribution in [0.25, 0.3) is 10.9 Å². The van der Waals surface area contributed by atoms with Crippen molar-refractivity contribution in [2.75, 3.05) is 29.1 Å². The van der Waals surface area contributed by atoms with Gasteiger partial charge in [0.2, 0.25) is 5.91 Å². The predicted octanol–water partition coefficient (Wildman–Crippen LogP) is 5.26. The Bertz CT molecular complexity index is 968. The number of piperidine rings is 1. The Morgan fingerprint density at radius 1 is 1.07 bits per heavy atom. The number of aromatic nitrogens is 1. The van der Waals surface area contributed by atoms with Gasteiger partial charge < -0.3 is 10.2 Å². The molecule has 4 rings (SSSR count). The number of benzene rings is 2. The van der Waals surface area contributed by atoms with Crippen LogP contribution in [0.15, 0.2) is 59.5 Å². The van der Waals surface area contributed by atoms with Gasteiger partial charge in [-0.05, 0) is 68.1 Å². The highest BCUT2D eigenvalue weighted by atomic mass is 32.2. The molecule has 3 aromatic rings. The average Bonchev–Trinajstić information content (AvgIpc) is 2.74. The molecule has 0 saturated carbocycles. The number of thioether (sulfide) groups is 1. The van der Waals surface area contributed by atoms with Gasteiger partial charge >= 0.3 is 0 Å². The number of amides is 1.